The summed E-state index contributed by atoms with van der Waals surface area (Å²) in [5, 5.41) is 3.10. The molecule has 1 heterocycles. The van der Waals surface area contributed by atoms with Crippen LogP contribution in [-0.4, -0.2) is 22.4 Å². The number of imidazole rings is 1. The number of aromatic amines is 1. The van der Waals surface area contributed by atoms with Crippen molar-refractivity contribution in [3.8, 4) is 0 Å². The zero-order valence-electron chi connectivity index (χ0n) is 12.1. The molecule has 2 atom stereocenters. The van der Waals surface area contributed by atoms with E-state index in [0.717, 1.165) is 31.0 Å². The Balaban J connectivity index is 1.30. The lowest BCUT2D eigenvalue weighted by molar-refractivity contribution is -0.122. The van der Waals surface area contributed by atoms with Crippen molar-refractivity contribution in [3.63, 3.8) is 0 Å². The zero-order valence-corrected chi connectivity index (χ0v) is 12.1. The van der Waals surface area contributed by atoms with Crippen LogP contribution in [0, 0.1) is 11.8 Å². The van der Waals surface area contributed by atoms with Crippen LogP contribution >= 0.6 is 0 Å². The summed E-state index contributed by atoms with van der Waals surface area (Å²) in [7, 11) is 0. The second kappa shape index (κ2) is 6.42. The predicted octanol–water partition coefficient (Wildman–Crippen LogP) is 2.99. The first-order valence-corrected chi connectivity index (χ1v) is 8.10. The van der Waals surface area contributed by atoms with Gasteiger partial charge in [-0.3, -0.25) is 4.79 Å². The van der Waals surface area contributed by atoms with Crippen LogP contribution in [0.2, 0.25) is 0 Å². The van der Waals surface area contributed by atoms with E-state index >= 15 is 0 Å². The van der Waals surface area contributed by atoms with Gasteiger partial charge in [0.25, 0.3) is 0 Å². The second-order valence-electron chi connectivity index (χ2n) is 6.39. The Morgan fingerprint density at radius 1 is 1.35 bits per heavy atom. The Labute approximate surface area is 120 Å². The molecule has 2 aliphatic carbocycles. The predicted molar refractivity (Wildman–Crippen MR) is 78.3 cm³/mol. The molecular weight excluding hydrogens is 250 g/mol. The molecule has 4 heteroatoms. The zero-order chi connectivity index (χ0) is 13.8. The van der Waals surface area contributed by atoms with Gasteiger partial charge in [-0.25, -0.2) is 4.98 Å². The highest BCUT2D eigenvalue weighted by Gasteiger charge is 2.44. The SMILES string of the molecule is O=C(NCCCC1CCCCC1)[C@H]1C[C@@H]1c1cnc[nH]1. The van der Waals surface area contributed by atoms with E-state index in [4.69, 9.17) is 0 Å². The van der Waals surface area contributed by atoms with Crippen molar-refractivity contribution in [2.45, 2.75) is 57.3 Å². The first-order chi connectivity index (χ1) is 9.84. The molecule has 2 N–H and O–H groups in total. The first-order valence-electron chi connectivity index (χ1n) is 8.10. The standard InChI is InChI=1S/C16H25N3O/c20-16(14-9-13(14)15-10-17-11-19-15)18-8-4-7-12-5-2-1-3-6-12/h10-14H,1-9H2,(H,17,19)(H,18,20)/t13-,14-/m0/s1. The van der Waals surface area contributed by atoms with Gasteiger partial charge in [-0.1, -0.05) is 32.1 Å². The van der Waals surface area contributed by atoms with Gasteiger partial charge in [0.05, 0.1) is 6.33 Å². The summed E-state index contributed by atoms with van der Waals surface area (Å²) in [6.07, 6.45) is 14.0. The van der Waals surface area contributed by atoms with Crippen LogP contribution in [0.1, 0.15) is 63.0 Å². The minimum atomic E-state index is 0.171. The molecule has 1 amide bonds. The summed E-state index contributed by atoms with van der Waals surface area (Å²) in [6.45, 7) is 0.849. The van der Waals surface area contributed by atoms with Crippen molar-refractivity contribution < 1.29 is 4.79 Å². The van der Waals surface area contributed by atoms with Crippen LogP contribution < -0.4 is 5.32 Å². The third-order valence-electron chi connectivity index (χ3n) is 4.86. The Morgan fingerprint density at radius 3 is 2.95 bits per heavy atom. The maximum Gasteiger partial charge on any atom is 0.223 e. The second-order valence-corrected chi connectivity index (χ2v) is 6.39. The minimum Gasteiger partial charge on any atom is -0.356 e. The average Bonchev–Trinajstić information content (AvgIpc) is 3.10. The van der Waals surface area contributed by atoms with Crippen LogP contribution in [0.3, 0.4) is 0 Å². The average molecular weight is 275 g/mol. The van der Waals surface area contributed by atoms with Crippen LogP contribution in [-0.2, 0) is 4.79 Å². The molecule has 110 valence electrons. The molecule has 0 bridgehead atoms. The van der Waals surface area contributed by atoms with Crippen molar-refractivity contribution in [2.75, 3.05) is 6.54 Å². The lowest BCUT2D eigenvalue weighted by Gasteiger charge is -2.21. The fraction of sp³-hybridized carbons (Fsp3) is 0.750. The Hall–Kier alpha value is -1.32. The van der Waals surface area contributed by atoms with E-state index in [1.54, 1.807) is 6.33 Å². The molecule has 2 fully saturated rings. The van der Waals surface area contributed by atoms with Gasteiger partial charge in [-0.15, -0.1) is 0 Å². The molecule has 0 radical (unpaired) electrons. The number of carbonyl (C=O) groups excluding carboxylic acids is 1. The fourth-order valence-electron chi connectivity index (χ4n) is 3.51. The number of aromatic nitrogens is 2. The van der Waals surface area contributed by atoms with Gasteiger partial charge in [0, 0.05) is 30.3 Å². The quantitative estimate of drug-likeness (QED) is 0.784. The minimum absolute atomic E-state index is 0.171. The van der Waals surface area contributed by atoms with E-state index in [-0.39, 0.29) is 11.8 Å². The van der Waals surface area contributed by atoms with Crippen molar-refractivity contribution in [2.24, 2.45) is 11.8 Å². The maximum atomic E-state index is 12.0. The van der Waals surface area contributed by atoms with Crippen LogP contribution in [0.4, 0.5) is 0 Å². The molecule has 1 aromatic rings. The van der Waals surface area contributed by atoms with Crippen molar-refractivity contribution >= 4 is 5.91 Å². The topological polar surface area (TPSA) is 57.8 Å². The molecule has 0 aromatic carbocycles. The number of nitrogens with zero attached hydrogens (tertiary/aromatic N) is 1. The van der Waals surface area contributed by atoms with Gasteiger partial charge >= 0.3 is 0 Å². The third-order valence-corrected chi connectivity index (χ3v) is 4.86. The van der Waals surface area contributed by atoms with Crippen molar-refractivity contribution in [1.82, 2.24) is 15.3 Å². The summed E-state index contributed by atoms with van der Waals surface area (Å²) in [5.41, 5.74) is 1.10. The molecule has 0 unspecified atom stereocenters. The number of amides is 1. The number of hydrogen-bond donors (Lipinski definition) is 2. The molecule has 4 nitrogen and oxygen atoms in total. The maximum absolute atomic E-state index is 12.0. The Kier molecular flexibility index (Phi) is 4.38. The lowest BCUT2D eigenvalue weighted by atomic mass is 9.86. The van der Waals surface area contributed by atoms with E-state index in [2.05, 4.69) is 15.3 Å². The molecule has 0 spiro atoms. The Morgan fingerprint density at radius 2 is 2.20 bits per heavy atom. The first kappa shape index (κ1) is 13.7. The Bertz CT molecular complexity index is 423. The molecule has 20 heavy (non-hydrogen) atoms. The number of hydrogen-bond acceptors (Lipinski definition) is 2. The monoisotopic (exact) mass is 275 g/mol. The number of carbonyl (C=O) groups is 1. The molecule has 1 aromatic heterocycles. The number of H-pyrrole nitrogens is 1. The van der Waals surface area contributed by atoms with Crippen LogP contribution in [0.15, 0.2) is 12.5 Å². The van der Waals surface area contributed by atoms with E-state index in [0.29, 0.717) is 5.92 Å². The summed E-state index contributed by atoms with van der Waals surface area (Å²) in [4.78, 5) is 19.1. The number of rotatable bonds is 6. The molecule has 0 saturated heterocycles. The molecule has 2 aliphatic rings. The van der Waals surface area contributed by atoms with Gasteiger partial charge in [0.1, 0.15) is 0 Å². The van der Waals surface area contributed by atoms with E-state index in [1.165, 1.54) is 38.5 Å². The molecule has 0 aliphatic heterocycles. The van der Waals surface area contributed by atoms with Crippen LogP contribution in [0.25, 0.3) is 0 Å². The van der Waals surface area contributed by atoms with Gasteiger partial charge in [0.15, 0.2) is 0 Å². The fourth-order valence-corrected chi connectivity index (χ4v) is 3.51. The van der Waals surface area contributed by atoms with E-state index in [9.17, 15) is 4.79 Å². The highest BCUT2D eigenvalue weighted by atomic mass is 16.2. The van der Waals surface area contributed by atoms with Gasteiger partial charge < -0.3 is 10.3 Å². The molecule has 3 rings (SSSR count). The van der Waals surface area contributed by atoms with E-state index in [1.807, 2.05) is 6.20 Å². The lowest BCUT2D eigenvalue weighted by Crippen LogP contribution is -2.26. The van der Waals surface area contributed by atoms with E-state index < -0.39 is 0 Å². The van der Waals surface area contributed by atoms with Gasteiger partial charge in [0.2, 0.25) is 5.91 Å². The highest BCUT2D eigenvalue weighted by Crippen LogP contribution is 2.46. The number of nitrogens with one attached hydrogen (secondary N) is 2. The third kappa shape index (κ3) is 3.41. The normalized spacial score (nSPS) is 26.4. The molecule has 2 saturated carbocycles. The summed E-state index contributed by atoms with van der Waals surface area (Å²) in [6, 6.07) is 0. The summed E-state index contributed by atoms with van der Waals surface area (Å²) >= 11 is 0. The van der Waals surface area contributed by atoms with Crippen molar-refractivity contribution in [3.05, 3.63) is 18.2 Å². The summed E-state index contributed by atoms with van der Waals surface area (Å²) < 4.78 is 0. The van der Waals surface area contributed by atoms with Gasteiger partial charge in [-0.2, -0.15) is 0 Å². The highest BCUT2D eigenvalue weighted by molar-refractivity contribution is 5.82. The molecular formula is C16H25N3O. The largest absolute Gasteiger partial charge is 0.356 e. The van der Waals surface area contributed by atoms with Crippen molar-refractivity contribution in [1.29, 1.82) is 0 Å². The smallest absolute Gasteiger partial charge is 0.223 e. The summed E-state index contributed by atoms with van der Waals surface area (Å²) in [5.74, 6) is 1.69. The van der Waals surface area contributed by atoms with Gasteiger partial charge in [-0.05, 0) is 25.2 Å². The van der Waals surface area contributed by atoms with Crippen LogP contribution in [0.5, 0.6) is 0 Å².